The van der Waals surface area contributed by atoms with Crippen molar-refractivity contribution in [1.82, 2.24) is 5.16 Å². The number of hydrogen-bond donors (Lipinski definition) is 0. The first-order chi connectivity index (χ1) is 10.3. The molecule has 0 bridgehead atoms. The third-order valence-electron chi connectivity index (χ3n) is 3.35. The van der Waals surface area contributed by atoms with Gasteiger partial charge in [0.2, 0.25) is 0 Å². The molecule has 0 aliphatic carbocycles. The quantitative estimate of drug-likeness (QED) is 0.652. The molecule has 0 N–H and O–H groups in total. The Hall–Kier alpha value is -1.92. The maximum atomic E-state index is 13.8. The van der Waals surface area contributed by atoms with E-state index in [0.717, 1.165) is 12.1 Å². The number of halogens is 5. The number of benzene rings is 1. The van der Waals surface area contributed by atoms with Crippen molar-refractivity contribution in [3.05, 3.63) is 41.2 Å². The van der Waals surface area contributed by atoms with Gasteiger partial charge in [-0.3, -0.25) is 0 Å². The van der Waals surface area contributed by atoms with E-state index in [0.29, 0.717) is 18.8 Å². The lowest BCUT2D eigenvalue weighted by atomic mass is 9.91. The fraction of sp³-hybridized carbons (Fsp3) is 0.438. The maximum absolute atomic E-state index is 13.8. The van der Waals surface area contributed by atoms with E-state index in [4.69, 9.17) is 4.52 Å². The molecule has 1 heterocycles. The number of nitrogens with zero attached hydrogens (tertiary/aromatic N) is 1. The van der Waals surface area contributed by atoms with Crippen LogP contribution in [0.2, 0.25) is 0 Å². The normalized spacial score (nSPS) is 13.4. The Labute approximate surface area is 130 Å². The summed E-state index contributed by atoms with van der Waals surface area (Å²) in [5.74, 6) is -2.99. The smallest absolute Gasteiger partial charge is 0.360 e. The molecule has 0 saturated carbocycles. The Morgan fingerprint density at radius 1 is 0.913 bits per heavy atom. The third kappa shape index (κ3) is 3.71. The van der Waals surface area contributed by atoms with Crippen LogP contribution in [0, 0.1) is 0 Å². The topological polar surface area (TPSA) is 26.0 Å². The Bertz CT molecular complexity index is 704. The minimum absolute atomic E-state index is 0.0789. The van der Waals surface area contributed by atoms with E-state index in [1.807, 2.05) is 20.8 Å². The van der Waals surface area contributed by atoms with E-state index in [2.05, 4.69) is 5.16 Å². The molecule has 0 radical (unpaired) electrons. The summed E-state index contributed by atoms with van der Waals surface area (Å²) in [5, 5.41) is 3.73. The first-order valence-electron chi connectivity index (χ1n) is 6.87. The lowest BCUT2D eigenvalue weighted by Gasteiger charge is -2.17. The molecule has 126 valence electrons. The van der Waals surface area contributed by atoms with Crippen LogP contribution in [0.3, 0.4) is 0 Å². The highest BCUT2D eigenvalue weighted by Crippen LogP contribution is 2.40. The average molecular weight is 333 g/mol. The highest BCUT2D eigenvalue weighted by Gasteiger charge is 2.36. The van der Waals surface area contributed by atoms with Crippen LogP contribution >= 0.6 is 0 Å². The molecule has 0 fully saturated rings. The summed E-state index contributed by atoms with van der Waals surface area (Å²) in [5.41, 5.74) is -2.25. The van der Waals surface area contributed by atoms with Crippen LogP contribution in [0.5, 0.6) is 0 Å². The molecule has 0 aliphatic rings. The Kier molecular flexibility index (Phi) is 4.03. The maximum Gasteiger partial charge on any atom is 0.416 e. The van der Waals surface area contributed by atoms with Crippen molar-refractivity contribution < 1.29 is 26.5 Å². The molecule has 0 amide bonds. The second kappa shape index (κ2) is 5.32. The van der Waals surface area contributed by atoms with Crippen LogP contribution in [0.4, 0.5) is 22.0 Å². The van der Waals surface area contributed by atoms with Gasteiger partial charge in [0.15, 0.2) is 0 Å². The first-order valence-corrected chi connectivity index (χ1v) is 6.87. The summed E-state index contributed by atoms with van der Waals surface area (Å²) in [7, 11) is 0. The van der Waals surface area contributed by atoms with Gasteiger partial charge < -0.3 is 4.52 Å². The van der Waals surface area contributed by atoms with E-state index < -0.39 is 28.6 Å². The van der Waals surface area contributed by atoms with Crippen LogP contribution in [0.25, 0.3) is 11.3 Å². The van der Waals surface area contributed by atoms with Gasteiger partial charge in [-0.05, 0) is 12.1 Å². The average Bonchev–Trinajstić information content (AvgIpc) is 2.85. The second-order valence-corrected chi connectivity index (χ2v) is 6.47. The van der Waals surface area contributed by atoms with E-state index in [-0.39, 0.29) is 11.3 Å². The van der Waals surface area contributed by atoms with Gasteiger partial charge in [0.05, 0.1) is 5.56 Å². The molecular weight excluding hydrogens is 317 g/mol. The van der Waals surface area contributed by atoms with E-state index >= 15 is 0 Å². The summed E-state index contributed by atoms with van der Waals surface area (Å²) >= 11 is 0. The van der Waals surface area contributed by atoms with Gasteiger partial charge in [0.25, 0.3) is 5.92 Å². The van der Waals surface area contributed by atoms with Gasteiger partial charge in [0.1, 0.15) is 11.5 Å². The lowest BCUT2D eigenvalue weighted by Crippen LogP contribution is -2.13. The molecule has 1 aromatic heterocycles. The number of hydrogen-bond acceptors (Lipinski definition) is 2. The highest BCUT2D eigenvalue weighted by atomic mass is 19.4. The molecule has 0 saturated heterocycles. The molecule has 2 rings (SSSR count). The number of alkyl halides is 5. The molecular formula is C16H16F5NO. The Morgan fingerprint density at radius 2 is 1.52 bits per heavy atom. The predicted molar refractivity (Wildman–Crippen MR) is 75.2 cm³/mol. The Balaban J connectivity index is 2.61. The van der Waals surface area contributed by atoms with Crippen LogP contribution < -0.4 is 0 Å². The zero-order valence-electron chi connectivity index (χ0n) is 13.1. The SMILES string of the molecule is CC(C)(C)c1cc(-c2ccc(C(F)(F)F)cc2C(C)(F)F)no1. The zero-order chi connectivity index (χ0) is 17.6. The minimum Gasteiger partial charge on any atom is -0.360 e. The second-order valence-electron chi connectivity index (χ2n) is 6.47. The van der Waals surface area contributed by atoms with Gasteiger partial charge in [0, 0.05) is 29.5 Å². The zero-order valence-corrected chi connectivity index (χ0v) is 13.1. The lowest BCUT2D eigenvalue weighted by molar-refractivity contribution is -0.137. The van der Waals surface area contributed by atoms with Gasteiger partial charge in [-0.2, -0.15) is 13.2 Å². The molecule has 23 heavy (non-hydrogen) atoms. The van der Waals surface area contributed by atoms with E-state index in [1.165, 1.54) is 6.07 Å². The molecule has 0 aliphatic heterocycles. The van der Waals surface area contributed by atoms with Crippen molar-refractivity contribution >= 4 is 0 Å². The molecule has 0 spiro atoms. The van der Waals surface area contributed by atoms with E-state index in [9.17, 15) is 22.0 Å². The fourth-order valence-electron chi connectivity index (χ4n) is 2.06. The third-order valence-corrected chi connectivity index (χ3v) is 3.35. The van der Waals surface area contributed by atoms with Crippen molar-refractivity contribution in [2.24, 2.45) is 0 Å². The summed E-state index contributed by atoms with van der Waals surface area (Å²) < 4.78 is 71.0. The van der Waals surface area contributed by atoms with Gasteiger partial charge in [-0.25, -0.2) is 8.78 Å². The summed E-state index contributed by atoms with van der Waals surface area (Å²) in [6.07, 6.45) is -4.70. The van der Waals surface area contributed by atoms with Gasteiger partial charge >= 0.3 is 6.18 Å². The van der Waals surface area contributed by atoms with Gasteiger partial charge in [-0.15, -0.1) is 0 Å². The predicted octanol–water partition coefficient (Wildman–Crippen LogP) is 5.77. The number of aromatic nitrogens is 1. The largest absolute Gasteiger partial charge is 0.416 e. The van der Waals surface area contributed by atoms with Crippen molar-refractivity contribution in [2.45, 2.75) is 45.2 Å². The van der Waals surface area contributed by atoms with Crippen molar-refractivity contribution in [2.75, 3.05) is 0 Å². The van der Waals surface area contributed by atoms with Crippen molar-refractivity contribution in [1.29, 1.82) is 0 Å². The number of rotatable bonds is 2. The molecule has 7 heteroatoms. The van der Waals surface area contributed by atoms with Crippen LogP contribution in [0.1, 0.15) is 44.6 Å². The molecule has 2 nitrogen and oxygen atoms in total. The van der Waals surface area contributed by atoms with Crippen LogP contribution in [-0.4, -0.2) is 5.16 Å². The van der Waals surface area contributed by atoms with E-state index in [1.54, 1.807) is 0 Å². The standard InChI is InChI=1S/C16H16F5NO/c1-14(2,3)13-8-12(22-23-13)10-6-5-9(16(19,20)21)7-11(10)15(4,17)18/h5-8H,1-4H3. The van der Waals surface area contributed by atoms with Crippen LogP contribution in [0.15, 0.2) is 28.8 Å². The van der Waals surface area contributed by atoms with Crippen LogP contribution in [-0.2, 0) is 17.5 Å². The van der Waals surface area contributed by atoms with Crippen molar-refractivity contribution in [3.63, 3.8) is 0 Å². The monoisotopic (exact) mass is 333 g/mol. The molecule has 2 aromatic rings. The summed E-state index contributed by atoms with van der Waals surface area (Å²) in [4.78, 5) is 0. The molecule has 0 unspecified atom stereocenters. The fourth-order valence-corrected chi connectivity index (χ4v) is 2.06. The minimum atomic E-state index is -4.70. The summed E-state index contributed by atoms with van der Waals surface area (Å²) in [6.45, 7) is 6.09. The molecule has 0 atom stereocenters. The van der Waals surface area contributed by atoms with Gasteiger partial charge in [-0.1, -0.05) is 32.0 Å². The highest BCUT2D eigenvalue weighted by molar-refractivity contribution is 5.65. The first kappa shape index (κ1) is 17.4. The molecule has 1 aromatic carbocycles. The van der Waals surface area contributed by atoms with Crippen molar-refractivity contribution in [3.8, 4) is 11.3 Å². The Morgan fingerprint density at radius 3 is 1.96 bits per heavy atom. The summed E-state index contributed by atoms with van der Waals surface area (Å²) in [6, 6.07) is 3.69.